The molecule has 2 amide bonds. The van der Waals surface area contributed by atoms with Crippen LogP contribution in [0.2, 0.25) is 0 Å². The first-order chi connectivity index (χ1) is 13.5. The summed E-state index contributed by atoms with van der Waals surface area (Å²) < 4.78 is 19.3. The van der Waals surface area contributed by atoms with Gasteiger partial charge in [0.05, 0.1) is 12.2 Å². The van der Waals surface area contributed by atoms with E-state index in [2.05, 4.69) is 0 Å². The smallest absolute Gasteiger partial charge is 0.268 e. The molecule has 2 aromatic carbocycles. The lowest BCUT2D eigenvalue weighted by molar-refractivity contribution is -0.143. The molecule has 1 fully saturated rings. The van der Waals surface area contributed by atoms with Crippen LogP contribution >= 0.6 is 11.8 Å². The zero-order chi connectivity index (χ0) is 19.9. The first-order valence-electron chi connectivity index (χ1n) is 9.09. The molecule has 2 aliphatic heterocycles. The number of halogens is 1. The van der Waals surface area contributed by atoms with Gasteiger partial charge in [-0.25, -0.2) is 4.39 Å². The third kappa shape index (κ3) is 2.81. The van der Waals surface area contributed by atoms with Crippen LogP contribution in [0, 0.1) is 12.7 Å². The fourth-order valence-corrected chi connectivity index (χ4v) is 5.41. The molecular weight excluding hydrogens is 379 g/mol. The maximum absolute atomic E-state index is 14.3. The second kappa shape index (κ2) is 7.22. The molecule has 2 aromatic rings. The first kappa shape index (κ1) is 19.0. The zero-order valence-corrected chi connectivity index (χ0v) is 16.6. The largest absolute Gasteiger partial charge is 0.375 e. The fraction of sp³-hybridized carbons (Fsp3) is 0.333. The maximum Gasteiger partial charge on any atom is 0.268 e. The maximum atomic E-state index is 14.3. The highest BCUT2D eigenvalue weighted by atomic mass is 32.2. The Bertz CT molecular complexity index is 951. The minimum absolute atomic E-state index is 0.0793. The number of aryl methyl sites for hydroxylation is 1. The number of benzene rings is 2. The molecule has 1 atom stereocenters. The first-order valence-corrected chi connectivity index (χ1v) is 10.1. The van der Waals surface area contributed by atoms with Gasteiger partial charge in [-0.2, -0.15) is 0 Å². The van der Waals surface area contributed by atoms with Crippen molar-refractivity contribution in [1.29, 1.82) is 0 Å². The lowest BCUT2D eigenvalue weighted by Crippen LogP contribution is -2.51. The van der Waals surface area contributed by atoms with E-state index in [1.54, 1.807) is 28.0 Å². The van der Waals surface area contributed by atoms with Crippen LogP contribution in [0.3, 0.4) is 0 Å². The van der Waals surface area contributed by atoms with E-state index < -0.39 is 4.87 Å². The Balaban J connectivity index is 1.81. The minimum atomic E-state index is -1.11. The van der Waals surface area contributed by atoms with Crippen LogP contribution in [-0.4, -0.2) is 42.7 Å². The summed E-state index contributed by atoms with van der Waals surface area (Å²) in [5.41, 5.74) is 2.96. The Labute approximate surface area is 167 Å². The molecular formula is C21H21FN2O3S. The summed E-state index contributed by atoms with van der Waals surface area (Å²) in [6, 6.07) is 12.2. The molecule has 1 spiro atoms. The number of anilines is 1. The topological polar surface area (TPSA) is 49.9 Å². The molecule has 1 saturated heterocycles. The summed E-state index contributed by atoms with van der Waals surface area (Å²) in [6.07, 6.45) is 0. The van der Waals surface area contributed by atoms with Gasteiger partial charge >= 0.3 is 0 Å². The molecule has 2 heterocycles. The molecule has 146 valence electrons. The number of nitrogens with zero attached hydrogens (tertiary/aromatic N) is 2. The van der Waals surface area contributed by atoms with Gasteiger partial charge in [0.25, 0.3) is 5.91 Å². The molecule has 0 bridgehead atoms. The number of carbonyl (C=O) groups excluding carboxylic acids is 2. The number of amides is 2. The standard InChI is InChI=1S/C21H21FN2O3S/c1-14-7-8-18-16(11-14)21(24(9-10-28-21)19(25)13-27-2)20(26)23(18)12-15-5-3-4-6-17(15)22/h3-8,11H,9-10,12-13H2,1-2H3/t21-/m1/s1. The summed E-state index contributed by atoms with van der Waals surface area (Å²) in [4.78, 5) is 28.5. The number of rotatable bonds is 4. The molecule has 0 radical (unpaired) electrons. The van der Waals surface area contributed by atoms with Gasteiger partial charge in [-0.15, -0.1) is 11.8 Å². The second-order valence-electron chi connectivity index (χ2n) is 6.97. The molecule has 0 unspecified atom stereocenters. The van der Waals surface area contributed by atoms with Crippen LogP contribution in [0.4, 0.5) is 10.1 Å². The van der Waals surface area contributed by atoms with Crippen LogP contribution < -0.4 is 4.90 Å². The van der Waals surface area contributed by atoms with Gasteiger partial charge in [0, 0.05) is 30.5 Å². The number of methoxy groups -OCH3 is 1. The highest BCUT2D eigenvalue weighted by Gasteiger charge is 2.59. The van der Waals surface area contributed by atoms with Crippen molar-refractivity contribution < 1.29 is 18.7 Å². The van der Waals surface area contributed by atoms with Gasteiger partial charge in [-0.05, 0) is 19.1 Å². The van der Waals surface area contributed by atoms with Crippen molar-refractivity contribution in [2.24, 2.45) is 0 Å². The molecule has 2 aliphatic rings. The van der Waals surface area contributed by atoms with Crippen LogP contribution in [0.5, 0.6) is 0 Å². The Morgan fingerprint density at radius 1 is 1.29 bits per heavy atom. The molecule has 0 aliphatic carbocycles. The van der Waals surface area contributed by atoms with E-state index in [1.807, 2.05) is 25.1 Å². The van der Waals surface area contributed by atoms with Crippen molar-refractivity contribution in [1.82, 2.24) is 4.90 Å². The molecule has 7 heteroatoms. The fourth-order valence-electron chi connectivity index (χ4n) is 3.94. The molecule has 0 aromatic heterocycles. The van der Waals surface area contributed by atoms with E-state index in [0.717, 1.165) is 16.8 Å². The summed E-state index contributed by atoms with van der Waals surface area (Å²) >= 11 is 1.46. The number of thioether (sulfide) groups is 1. The Morgan fingerprint density at radius 3 is 2.82 bits per heavy atom. The highest BCUT2D eigenvalue weighted by Crippen LogP contribution is 2.54. The Kier molecular flexibility index (Phi) is 4.89. The minimum Gasteiger partial charge on any atom is -0.375 e. The molecule has 28 heavy (non-hydrogen) atoms. The van der Waals surface area contributed by atoms with Crippen molar-refractivity contribution >= 4 is 29.3 Å². The number of hydrogen-bond donors (Lipinski definition) is 0. The molecule has 4 rings (SSSR count). The number of hydrogen-bond acceptors (Lipinski definition) is 4. The Hall–Kier alpha value is -2.38. The summed E-state index contributed by atoms with van der Waals surface area (Å²) in [5.74, 6) is -0.122. The summed E-state index contributed by atoms with van der Waals surface area (Å²) in [6.45, 7) is 2.47. The average molecular weight is 400 g/mol. The normalized spacial score (nSPS) is 20.9. The summed E-state index contributed by atoms with van der Waals surface area (Å²) in [7, 11) is 1.47. The third-order valence-corrected chi connectivity index (χ3v) is 6.62. The van der Waals surface area contributed by atoms with Crippen molar-refractivity contribution in [2.45, 2.75) is 18.3 Å². The summed E-state index contributed by atoms with van der Waals surface area (Å²) in [5, 5.41) is 0. The van der Waals surface area contributed by atoms with Crippen LogP contribution in [0.1, 0.15) is 16.7 Å². The second-order valence-corrected chi connectivity index (χ2v) is 8.26. The Morgan fingerprint density at radius 2 is 2.07 bits per heavy atom. The lowest BCUT2D eigenvalue weighted by Gasteiger charge is -2.33. The van der Waals surface area contributed by atoms with E-state index in [-0.39, 0.29) is 30.8 Å². The van der Waals surface area contributed by atoms with E-state index in [0.29, 0.717) is 17.9 Å². The highest BCUT2D eigenvalue weighted by molar-refractivity contribution is 8.01. The van der Waals surface area contributed by atoms with E-state index in [1.165, 1.54) is 24.9 Å². The number of carbonyl (C=O) groups is 2. The van der Waals surface area contributed by atoms with Crippen LogP contribution in [0.25, 0.3) is 0 Å². The van der Waals surface area contributed by atoms with Crippen molar-refractivity contribution in [3.8, 4) is 0 Å². The number of ether oxygens (including phenoxy) is 1. The molecule has 0 saturated carbocycles. The van der Waals surface area contributed by atoms with E-state index >= 15 is 0 Å². The van der Waals surface area contributed by atoms with E-state index in [9.17, 15) is 14.0 Å². The molecule has 0 N–H and O–H groups in total. The van der Waals surface area contributed by atoms with Gasteiger partial charge in [-0.3, -0.25) is 9.59 Å². The van der Waals surface area contributed by atoms with Crippen molar-refractivity contribution in [3.63, 3.8) is 0 Å². The third-order valence-electron chi connectivity index (χ3n) is 5.20. The van der Waals surface area contributed by atoms with Crippen LogP contribution in [0.15, 0.2) is 42.5 Å². The monoisotopic (exact) mass is 400 g/mol. The van der Waals surface area contributed by atoms with E-state index in [4.69, 9.17) is 4.74 Å². The quantitative estimate of drug-likeness (QED) is 0.792. The lowest BCUT2D eigenvalue weighted by atomic mass is 10.0. The van der Waals surface area contributed by atoms with Gasteiger partial charge < -0.3 is 14.5 Å². The van der Waals surface area contributed by atoms with Crippen LogP contribution in [-0.2, 0) is 25.7 Å². The SMILES string of the molecule is COCC(=O)N1CCS[C@]12C(=O)N(Cc1ccccc1F)c1ccc(C)cc12. The average Bonchev–Trinajstić information content (AvgIpc) is 3.21. The van der Waals surface area contributed by atoms with Gasteiger partial charge in [-0.1, -0.05) is 35.9 Å². The van der Waals surface area contributed by atoms with Gasteiger partial charge in [0.2, 0.25) is 5.91 Å². The zero-order valence-electron chi connectivity index (χ0n) is 15.8. The predicted molar refractivity (Wildman–Crippen MR) is 106 cm³/mol. The predicted octanol–water partition coefficient (Wildman–Crippen LogP) is 3.06. The van der Waals surface area contributed by atoms with Crippen molar-refractivity contribution in [2.75, 3.05) is 30.9 Å². The van der Waals surface area contributed by atoms with Crippen molar-refractivity contribution in [3.05, 3.63) is 65.0 Å². The van der Waals surface area contributed by atoms with Gasteiger partial charge in [0.15, 0.2) is 4.87 Å². The molecule has 5 nitrogen and oxygen atoms in total. The van der Waals surface area contributed by atoms with Gasteiger partial charge in [0.1, 0.15) is 12.4 Å². The number of fused-ring (bicyclic) bond motifs is 2.